The van der Waals surface area contributed by atoms with Gasteiger partial charge < -0.3 is 4.98 Å². The summed E-state index contributed by atoms with van der Waals surface area (Å²) in [6.07, 6.45) is 0. The summed E-state index contributed by atoms with van der Waals surface area (Å²) in [7, 11) is 0. The van der Waals surface area contributed by atoms with E-state index in [4.69, 9.17) is 0 Å². The lowest BCUT2D eigenvalue weighted by Gasteiger charge is -2.22. The van der Waals surface area contributed by atoms with E-state index in [0.717, 1.165) is 0 Å². The molecule has 2 aromatic heterocycles. The Morgan fingerprint density at radius 3 is 2.04 bits per heavy atom. The van der Waals surface area contributed by atoms with Gasteiger partial charge >= 0.3 is 0 Å². The summed E-state index contributed by atoms with van der Waals surface area (Å²) in [6.45, 7) is 4.72. The van der Waals surface area contributed by atoms with Gasteiger partial charge in [0.15, 0.2) is 0 Å². The van der Waals surface area contributed by atoms with Crippen molar-refractivity contribution in [1.29, 1.82) is 0 Å². The fraction of sp³-hybridized carbons (Fsp3) is 0.0698. The van der Waals surface area contributed by atoms with Crippen LogP contribution in [0.3, 0.4) is 0 Å². The largest absolute Gasteiger partial charge is 0.354 e. The van der Waals surface area contributed by atoms with Crippen LogP contribution in [0.4, 0.5) is 0 Å². The summed E-state index contributed by atoms with van der Waals surface area (Å²) < 4.78 is 2.69. The first-order valence-corrected chi connectivity index (χ1v) is 16.5. The summed E-state index contributed by atoms with van der Waals surface area (Å²) in [4.78, 5) is 3.85. The summed E-state index contributed by atoms with van der Waals surface area (Å²) >= 11 is 1.92. The number of benzene rings is 7. The van der Waals surface area contributed by atoms with E-state index in [0.29, 0.717) is 0 Å². The van der Waals surface area contributed by atoms with Crippen LogP contribution in [0.2, 0.25) is 0 Å². The van der Waals surface area contributed by atoms with Crippen LogP contribution in [0, 0.1) is 0 Å². The Kier molecular flexibility index (Phi) is 5.00. The van der Waals surface area contributed by atoms with E-state index in [9.17, 15) is 0 Å². The minimum absolute atomic E-state index is 0.0203. The highest BCUT2D eigenvalue weighted by molar-refractivity contribution is 7.27. The van der Waals surface area contributed by atoms with Crippen molar-refractivity contribution in [1.82, 2.24) is 4.98 Å². The zero-order chi connectivity index (χ0) is 29.9. The highest BCUT2D eigenvalue weighted by Gasteiger charge is 2.35. The van der Waals surface area contributed by atoms with Gasteiger partial charge in [0.05, 0.1) is 5.52 Å². The van der Waals surface area contributed by atoms with Gasteiger partial charge in [-0.25, -0.2) is 0 Å². The molecule has 0 saturated heterocycles. The highest BCUT2D eigenvalue weighted by Crippen LogP contribution is 2.50. The van der Waals surface area contributed by atoms with E-state index in [-0.39, 0.29) is 5.41 Å². The van der Waals surface area contributed by atoms with Crippen LogP contribution in [0.15, 0.2) is 133 Å². The maximum absolute atomic E-state index is 3.85. The predicted octanol–water partition coefficient (Wildman–Crippen LogP) is 12.5. The van der Waals surface area contributed by atoms with Crippen molar-refractivity contribution in [3.8, 4) is 33.4 Å². The zero-order valence-corrected chi connectivity index (χ0v) is 25.9. The number of fused-ring (bicyclic) bond motifs is 13. The second-order valence-corrected chi connectivity index (χ2v) is 14.0. The number of H-pyrrole nitrogens is 1. The molecular weight excluding hydrogens is 563 g/mol. The molecule has 1 nitrogen and oxygen atoms in total. The number of thiophene rings is 1. The molecule has 0 atom stereocenters. The molecule has 0 bridgehead atoms. The molecule has 9 aromatic rings. The van der Waals surface area contributed by atoms with Gasteiger partial charge in [-0.1, -0.05) is 117 Å². The lowest BCUT2D eigenvalue weighted by atomic mass is 9.81. The number of hydrogen-bond acceptors (Lipinski definition) is 1. The van der Waals surface area contributed by atoms with E-state index in [1.54, 1.807) is 0 Å². The molecule has 2 heterocycles. The van der Waals surface area contributed by atoms with E-state index < -0.39 is 0 Å². The van der Waals surface area contributed by atoms with Gasteiger partial charge in [0.25, 0.3) is 0 Å². The molecule has 0 spiro atoms. The molecule has 2 heteroatoms. The summed E-state index contributed by atoms with van der Waals surface area (Å²) in [5.74, 6) is 0. The molecule has 1 aliphatic carbocycles. The van der Waals surface area contributed by atoms with Gasteiger partial charge in [0.2, 0.25) is 0 Å². The number of hydrogen-bond donors (Lipinski definition) is 1. The van der Waals surface area contributed by atoms with E-state index in [2.05, 4.69) is 152 Å². The molecule has 0 aliphatic heterocycles. The number of nitrogens with one attached hydrogen (secondary N) is 1. The second-order valence-electron chi connectivity index (χ2n) is 13.0. The Labute approximate surface area is 265 Å². The Morgan fingerprint density at radius 1 is 0.489 bits per heavy atom. The van der Waals surface area contributed by atoms with Gasteiger partial charge in [-0.2, -0.15) is 0 Å². The SMILES string of the molecule is CC1(C)c2ccccc2-c2ccc(-c3ccc4[nH]c5c6ccccc6c6c7cc(-c8ccccc8)ccc7sc6c5c4c3)cc21. The summed E-state index contributed by atoms with van der Waals surface area (Å²) in [5, 5.41) is 7.90. The Morgan fingerprint density at radius 2 is 1.16 bits per heavy atom. The maximum atomic E-state index is 3.85. The van der Waals surface area contributed by atoms with Gasteiger partial charge in [-0.3, -0.25) is 0 Å². The first-order valence-electron chi connectivity index (χ1n) is 15.7. The van der Waals surface area contributed by atoms with Crippen molar-refractivity contribution < 1.29 is 0 Å². The molecule has 10 rings (SSSR count). The molecule has 0 amide bonds. The van der Waals surface area contributed by atoms with Crippen LogP contribution in [-0.2, 0) is 5.41 Å². The molecule has 0 fully saturated rings. The summed E-state index contributed by atoms with van der Waals surface area (Å²) in [5.41, 5.74) is 13.0. The van der Waals surface area contributed by atoms with Crippen LogP contribution in [0.1, 0.15) is 25.0 Å². The fourth-order valence-corrected chi connectivity index (χ4v) is 9.23. The Balaban J connectivity index is 1.24. The van der Waals surface area contributed by atoms with Gasteiger partial charge in [-0.15, -0.1) is 11.3 Å². The molecule has 0 radical (unpaired) electrons. The number of rotatable bonds is 2. The third-order valence-electron chi connectivity index (χ3n) is 10.2. The average molecular weight is 592 g/mol. The zero-order valence-electron chi connectivity index (χ0n) is 25.1. The fourth-order valence-electron chi connectivity index (χ4n) is 7.96. The minimum Gasteiger partial charge on any atom is -0.354 e. The smallest absolute Gasteiger partial charge is 0.0559 e. The predicted molar refractivity (Wildman–Crippen MR) is 195 cm³/mol. The molecule has 0 saturated carbocycles. The topological polar surface area (TPSA) is 15.8 Å². The second kappa shape index (κ2) is 8.94. The van der Waals surface area contributed by atoms with Crippen LogP contribution >= 0.6 is 11.3 Å². The van der Waals surface area contributed by atoms with Crippen molar-refractivity contribution in [3.05, 3.63) is 145 Å². The van der Waals surface area contributed by atoms with E-state index in [1.165, 1.54) is 97.3 Å². The monoisotopic (exact) mass is 591 g/mol. The third-order valence-corrected chi connectivity index (χ3v) is 11.4. The molecule has 1 aliphatic rings. The van der Waals surface area contributed by atoms with Gasteiger partial charge in [0, 0.05) is 47.3 Å². The lowest BCUT2D eigenvalue weighted by molar-refractivity contribution is 0.660. The molecule has 0 unspecified atom stereocenters. The molecule has 212 valence electrons. The van der Waals surface area contributed by atoms with Gasteiger partial charge in [0.1, 0.15) is 0 Å². The normalized spacial score (nSPS) is 13.7. The van der Waals surface area contributed by atoms with E-state index in [1.807, 2.05) is 11.3 Å². The van der Waals surface area contributed by atoms with Crippen molar-refractivity contribution in [2.75, 3.05) is 0 Å². The van der Waals surface area contributed by atoms with Crippen molar-refractivity contribution >= 4 is 64.1 Å². The molecular formula is C43H29NS. The van der Waals surface area contributed by atoms with Crippen LogP contribution in [0.5, 0.6) is 0 Å². The van der Waals surface area contributed by atoms with Crippen molar-refractivity contribution in [2.24, 2.45) is 0 Å². The van der Waals surface area contributed by atoms with Crippen molar-refractivity contribution in [3.63, 3.8) is 0 Å². The molecule has 45 heavy (non-hydrogen) atoms. The minimum atomic E-state index is -0.0203. The molecule has 1 N–H and O–H groups in total. The average Bonchev–Trinajstić information content (AvgIpc) is 3.73. The third kappa shape index (κ3) is 3.43. The van der Waals surface area contributed by atoms with Crippen LogP contribution in [0.25, 0.3) is 86.1 Å². The molecule has 7 aromatic carbocycles. The van der Waals surface area contributed by atoms with Gasteiger partial charge in [-0.05, 0) is 80.2 Å². The summed E-state index contributed by atoms with van der Waals surface area (Å²) in [6, 6.07) is 49.5. The first kappa shape index (κ1) is 25.2. The maximum Gasteiger partial charge on any atom is 0.0559 e. The van der Waals surface area contributed by atoms with Crippen molar-refractivity contribution in [2.45, 2.75) is 19.3 Å². The Bertz CT molecular complexity index is 2670. The lowest BCUT2D eigenvalue weighted by Crippen LogP contribution is -2.14. The number of aromatic amines is 1. The van der Waals surface area contributed by atoms with E-state index >= 15 is 0 Å². The van der Waals surface area contributed by atoms with Crippen LogP contribution < -0.4 is 0 Å². The first-order chi connectivity index (χ1) is 22.1. The van der Waals surface area contributed by atoms with Crippen LogP contribution in [-0.4, -0.2) is 4.98 Å². The standard InChI is InChI=1S/C43H29NS/c1-43(2)35-15-9-8-12-29(35)30-19-16-28(24-36(30)43)27-17-20-37-33(22-27)40-41(44-37)32-14-7-6-13-31(32)39-34-23-26(25-10-4-3-5-11-25)18-21-38(34)45-42(39)40/h3-24,44H,1-2H3. The number of aromatic nitrogens is 1. The Hall–Kier alpha value is -5.18. The quantitative estimate of drug-likeness (QED) is 0.206. The highest BCUT2D eigenvalue weighted by atomic mass is 32.1.